The summed E-state index contributed by atoms with van der Waals surface area (Å²) in [6, 6.07) is 0.324. The molecule has 0 aromatic rings. The van der Waals surface area contributed by atoms with Crippen molar-refractivity contribution >= 4 is 0 Å². The van der Waals surface area contributed by atoms with Crippen LogP contribution in [0.5, 0.6) is 0 Å². The quantitative estimate of drug-likeness (QED) is 0.580. The fourth-order valence-corrected chi connectivity index (χ4v) is 7.77. The van der Waals surface area contributed by atoms with Crippen LogP contribution in [0.4, 0.5) is 0 Å². The first-order valence-electron chi connectivity index (χ1n) is 12.6. The zero-order valence-electron chi connectivity index (χ0n) is 20.7. The number of allylic oxidation sites excluding steroid dienone is 2. The summed E-state index contributed by atoms with van der Waals surface area (Å²) >= 11 is 0. The summed E-state index contributed by atoms with van der Waals surface area (Å²) in [5.74, 6) is 1.52. The maximum Gasteiger partial charge on any atom is 0.0804 e. The van der Waals surface area contributed by atoms with E-state index in [1.165, 1.54) is 56.1 Å². The van der Waals surface area contributed by atoms with E-state index in [0.29, 0.717) is 29.0 Å². The second-order valence-electron chi connectivity index (χ2n) is 12.0. The largest absolute Gasteiger partial charge is 0.314 e. The van der Waals surface area contributed by atoms with Gasteiger partial charge in [-0.05, 0) is 75.2 Å². The Morgan fingerprint density at radius 1 is 1.26 bits per heavy atom. The van der Waals surface area contributed by atoms with Crippen molar-refractivity contribution in [1.29, 1.82) is 0 Å². The normalized spacial score (nSPS) is 41.8. The molecular weight excluding hydrogens is 382 g/mol. The van der Waals surface area contributed by atoms with Crippen LogP contribution in [0.3, 0.4) is 0 Å². The first kappa shape index (κ1) is 23.4. The molecule has 4 N–H and O–H groups in total. The van der Waals surface area contributed by atoms with E-state index >= 15 is 0 Å². The molecule has 0 amide bonds. The molecule has 0 aromatic heterocycles. The van der Waals surface area contributed by atoms with Gasteiger partial charge in [-0.3, -0.25) is 20.4 Å². The molecule has 4 fully saturated rings. The van der Waals surface area contributed by atoms with Crippen LogP contribution in [0.25, 0.3) is 0 Å². The Labute approximate surface area is 190 Å². The van der Waals surface area contributed by atoms with Crippen molar-refractivity contribution in [2.45, 2.75) is 91.0 Å². The molecular formula is C26H47N5. The van der Waals surface area contributed by atoms with E-state index < -0.39 is 0 Å². The van der Waals surface area contributed by atoms with Crippen LogP contribution < -0.4 is 16.4 Å². The zero-order chi connectivity index (χ0) is 22.4. The fraction of sp³-hybridized carbons (Fsp3) is 0.846. The Kier molecular flexibility index (Phi) is 6.73. The van der Waals surface area contributed by atoms with Crippen molar-refractivity contribution in [2.75, 3.05) is 26.9 Å². The Balaban J connectivity index is 1.38. The highest BCUT2D eigenvalue weighted by Gasteiger charge is 2.52. The van der Waals surface area contributed by atoms with E-state index in [4.69, 9.17) is 5.73 Å². The van der Waals surface area contributed by atoms with Gasteiger partial charge in [-0.25, -0.2) is 0 Å². The Morgan fingerprint density at radius 3 is 2.81 bits per heavy atom. The van der Waals surface area contributed by atoms with E-state index in [2.05, 4.69) is 67.8 Å². The van der Waals surface area contributed by atoms with Crippen LogP contribution in [0.2, 0.25) is 0 Å². The highest BCUT2D eigenvalue weighted by Crippen LogP contribution is 2.61. The second kappa shape index (κ2) is 8.90. The topological polar surface area (TPSA) is 56.6 Å². The molecule has 4 rings (SSSR count). The molecule has 0 aromatic carbocycles. The average Bonchev–Trinajstić information content (AvgIpc) is 3.02. The molecule has 0 bridgehead atoms. The lowest BCUT2D eigenvalue weighted by atomic mass is 9.47. The molecule has 2 saturated carbocycles. The molecule has 0 radical (unpaired) electrons. The van der Waals surface area contributed by atoms with Gasteiger partial charge in [0.1, 0.15) is 0 Å². The summed E-state index contributed by atoms with van der Waals surface area (Å²) < 4.78 is 0. The summed E-state index contributed by atoms with van der Waals surface area (Å²) in [5.41, 5.74) is 10.4. The van der Waals surface area contributed by atoms with Crippen molar-refractivity contribution < 1.29 is 0 Å². The predicted octanol–water partition coefficient (Wildman–Crippen LogP) is 3.85. The lowest BCUT2D eigenvalue weighted by Crippen LogP contribution is -2.67. The number of likely N-dealkylation sites (N-methyl/N-ethyl adjacent to an activating group) is 1. The van der Waals surface area contributed by atoms with Gasteiger partial charge in [-0.1, -0.05) is 51.0 Å². The van der Waals surface area contributed by atoms with Crippen LogP contribution >= 0.6 is 0 Å². The Hall–Kier alpha value is -0.720. The minimum Gasteiger partial charge on any atom is -0.314 e. The number of rotatable bonds is 5. The van der Waals surface area contributed by atoms with Crippen LogP contribution in [0.15, 0.2) is 23.8 Å². The Morgan fingerprint density at radius 2 is 2.03 bits per heavy atom. The third kappa shape index (κ3) is 4.41. The van der Waals surface area contributed by atoms with Gasteiger partial charge in [0.25, 0.3) is 0 Å². The zero-order valence-corrected chi connectivity index (χ0v) is 20.7. The lowest BCUT2D eigenvalue weighted by molar-refractivity contribution is -0.0539. The fourth-order valence-electron chi connectivity index (χ4n) is 7.77. The predicted molar refractivity (Wildman–Crippen MR) is 130 cm³/mol. The van der Waals surface area contributed by atoms with E-state index in [-0.39, 0.29) is 6.17 Å². The van der Waals surface area contributed by atoms with Crippen molar-refractivity contribution in [3.05, 3.63) is 23.8 Å². The SMILES string of the molecule is C=C1CC[C@H]2C(C)(C)CCC[C@]2(C)[C@H]1CCC(C)=CCN1CN(C)C2NCNC(N)C21. The van der Waals surface area contributed by atoms with E-state index in [1.54, 1.807) is 0 Å². The van der Waals surface area contributed by atoms with Crippen LogP contribution in [-0.2, 0) is 0 Å². The number of hydrogen-bond acceptors (Lipinski definition) is 5. The van der Waals surface area contributed by atoms with Gasteiger partial charge < -0.3 is 5.73 Å². The highest BCUT2D eigenvalue weighted by molar-refractivity contribution is 5.17. The van der Waals surface area contributed by atoms with Crippen LogP contribution in [0.1, 0.15) is 72.6 Å². The number of hydrogen-bond donors (Lipinski definition) is 3. The van der Waals surface area contributed by atoms with Gasteiger partial charge in [0.15, 0.2) is 0 Å². The van der Waals surface area contributed by atoms with Gasteiger partial charge in [-0.15, -0.1) is 0 Å². The first-order valence-corrected chi connectivity index (χ1v) is 12.6. The summed E-state index contributed by atoms with van der Waals surface area (Å²) in [6.45, 7) is 17.3. The monoisotopic (exact) mass is 429 g/mol. The van der Waals surface area contributed by atoms with Gasteiger partial charge in [-0.2, -0.15) is 0 Å². The molecule has 5 nitrogen and oxygen atoms in total. The first-order chi connectivity index (χ1) is 14.6. The highest BCUT2D eigenvalue weighted by atomic mass is 15.5. The summed E-state index contributed by atoms with van der Waals surface area (Å²) in [5, 5.41) is 6.92. The molecule has 31 heavy (non-hydrogen) atoms. The maximum absolute atomic E-state index is 6.40. The van der Waals surface area contributed by atoms with Gasteiger partial charge >= 0.3 is 0 Å². The van der Waals surface area contributed by atoms with Crippen molar-refractivity contribution in [1.82, 2.24) is 20.4 Å². The third-order valence-corrected chi connectivity index (χ3v) is 9.46. The van der Waals surface area contributed by atoms with Crippen molar-refractivity contribution in [2.24, 2.45) is 28.4 Å². The number of nitrogens with one attached hydrogen (secondary N) is 2. The molecule has 4 aliphatic rings. The standard InChI is InChI=1S/C26H47N5/c1-18(12-15-31-17-30(6)24-22(31)23(27)28-16-29-24)8-10-20-19(2)9-11-21-25(3,4)13-7-14-26(20,21)5/h12,20-24,28-29H,2,7-11,13-17,27H2,1,3-6H3/t20-,21-,22?,23?,24?,26+/m0/s1. The third-order valence-electron chi connectivity index (χ3n) is 9.46. The van der Waals surface area contributed by atoms with E-state index in [9.17, 15) is 0 Å². The second-order valence-corrected chi connectivity index (χ2v) is 12.0. The van der Waals surface area contributed by atoms with E-state index in [0.717, 1.165) is 25.8 Å². The molecule has 2 heterocycles. The summed E-state index contributed by atoms with van der Waals surface area (Å²) in [6.07, 6.45) is 12.0. The number of nitrogens with two attached hydrogens (primary N) is 1. The summed E-state index contributed by atoms with van der Waals surface area (Å²) in [7, 11) is 2.19. The molecule has 176 valence electrons. The average molecular weight is 430 g/mol. The molecule has 0 spiro atoms. The molecule has 5 heteroatoms. The molecule has 2 aliphatic carbocycles. The smallest absolute Gasteiger partial charge is 0.0804 e. The maximum atomic E-state index is 6.40. The van der Waals surface area contributed by atoms with Gasteiger partial charge in [0.05, 0.1) is 25.0 Å². The minimum atomic E-state index is 0.0296. The lowest BCUT2D eigenvalue weighted by Gasteiger charge is -2.58. The molecule has 3 unspecified atom stereocenters. The minimum absolute atomic E-state index is 0.0296. The number of fused-ring (bicyclic) bond motifs is 2. The van der Waals surface area contributed by atoms with E-state index in [1.807, 2.05) is 0 Å². The van der Waals surface area contributed by atoms with Crippen LogP contribution in [0, 0.1) is 22.7 Å². The molecule has 2 aliphatic heterocycles. The van der Waals surface area contributed by atoms with Gasteiger partial charge in [0.2, 0.25) is 0 Å². The summed E-state index contributed by atoms with van der Waals surface area (Å²) in [4.78, 5) is 4.89. The van der Waals surface area contributed by atoms with Crippen molar-refractivity contribution in [3.63, 3.8) is 0 Å². The molecule has 2 saturated heterocycles. The Bertz CT molecular complexity index is 700. The number of nitrogens with zero attached hydrogens (tertiary/aromatic N) is 2. The van der Waals surface area contributed by atoms with Gasteiger partial charge in [0, 0.05) is 13.2 Å². The molecule has 6 atom stereocenters. The van der Waals surface area contributed by atoms with Crippen molar-refractivity contribution in [3.8, 4) is 0 Å². The van der Waals surface area contributed by atoms with Crippen LogP contribution in [-0.4, -0.2) is 55.1 Å².